The van der Waals surface area contributed by atoms with Gasteiger partial charge in [0.25, 0.3) is 10.0 Å². The van der Waals surface area contributed by atoms with Gasteiger partial charge in [-0.05, 0) is 63.2 Å². The molecule has 2 aromatic rings. The van der Waals surface area contributed by atoms with Crippen LogP contribution < -0.4 is 10.6 Å². The third kappa shape index (κ3) is 7.09. The zero-order chi connectivity index (χ0) is 28.0. The number of hydrogen-bond donors (Lipinski definition) is 2. The summed E-state index contributed by atoms with van der Waals surface area (Å²) in [5.41, 5.74) is 2.87. The molecule has 1 aliphatic rings. The number of nitrogens with zero attached hydrogens (tertiary/aromatic N) is 4. The van der Waals surface area contributed by atoms with E-state index >= 15 is 0 Å². The molecule has 0 unspecified atom stereocenters. The fourth-order valence-corrected chi connectivity index (χ4v) is 8.45. The number of thiazole rings is 1. The van der Waals surface area contributed by atoms with Crippen LogP contribution in [0.5, 0.6) is 0 Å². The van der Waals surface area contributed by atoms with Crippen LogP contribution in [-0.4, -0.2) is 73.1 Å². The maximum absolute atomic E-state index is 13.4. The molecule has 0 spiro atoms. The van der Waals surface area contributed by atoms with Crippen molar-refractivity contribution in [3.8, 4) is 0 Å². The van der Waals surface area contributed by atoms with E-state index in [2.05, 4.69) is 53.2 Å². The number of hydrogen-bond acceptors (Lipinski definition) is 8. The number of sulfonamides is 1. The Balaban J connectivity index is 1.62. The van der Waals surface area contributed by atoms with E-state index in [1.165, 1.54) is 15.4 Å². The molecule has 3 heterocycles. The summed E-state index contributed by atoms with van der Waals surface area (Å²) in [7, 11) is -3.69. The average molecular weight is 581 g/mol. The van der Waals surface area contributed by atoms with E-state index in [-0.39, 0.29) is 22.1 Å². The van der Waals surface area contributed by atoms with E-state index in [0.29, 0.717) is 37.0 Å². The predicted octanol–water partition coefficient (Wildman–Crippen LogP) is 4.38. The number of anilines is 1. The second-order valence-electron chi connectivity index (χ2n) is 9.65. The van der Waals surface area contributed by atoms with Gasteiger partial charge < -0.3 is 10.6 Å². The molecule has 38 heavy (non-hydrogen) atoms. The van der Waals surface area contributed by atoms with Crippen molar-refractivity contribution in [3.05, 3.63) is 39.9 Å². The van der Waals surface area contributed by atoms with Gasteiger partial charge >= 0.3 is 0 Å². The monoisotopic (exact) mass is 580 g/mol. The number of aromatic nitrogens is 1. The fourth-order valence-electron chi connectivity index (χ4n) is 4.44. The molecule has 1 amide bonds. The number of amides is 1. The molecular formula is C26H40N6O3S3. The van der Waals surface area contributed by atoms with Crippen LogP contribution in [0.1, 0.15) is 55.3 Å². The van der Waals surface area contributed by atoms with Gasteiger partial charge in [0.1, 0.15) is 5.84 Å². The van der Waals surface area contributed by atoms with Crippen LogP contribution in [-0.2, 0) is 14.8 Å². The zero-order valence-electron chi connectivity index (χ0n) is 23.2. The number of amidine groups is 1. The molecule has 1 saturated heterocycles. The molecule has 2 aromatic heterocycles. The Morgan fingerprint density at radius 2 is 1.87 bits per heavy atom. The zero-order valence-corrected chi connectivity index (χ0v) is 25.7. The van der Waals surface area contributed by atoms with E-state index in [1.54, 1.807) is 24.5 Å². The number of aliphatic imine (C=N–C) groups is 1. The Kier molecular flexibility index (Phi) is 10.6. The third-order valence-electron chi connectivity index (χ3n) is 6.86. The Bertz CT molecular complexity index is 1260. The Labute approximate surface area is 235 Å². The van der Waals surface area contributed by atoms with Gasteiger partial charge in [0, 0.05) is 38.6 Å². The number of nitrogens with one attached hydrogen (secondary N) is 2. The number of thiophene rings is 1. The van der Waals surface area contributed by atoms with E-state index in [9.17, 15) is 13.2 Å². The predicted molar refractivity (Wildman–Crippen MR) is 158 cm³/mol. The first-order chi connectivity index (χ1) is 18.0. The van der Waals surface area contributed by atoms with Crippen LogP contribution in [0.3, 0.4) is 0 Å². The molecule has 0 radical (unpaired) electrons. The molecule has 0 aromatic carbocycles. The van der Waals surface area contributed by atoms with Crippen LogP contribution in [0.15, 0.2) is 27.4 Å². The first-order valence-corrected chi connectivity index (χ1v) is 16.2. The van der Waals surface area contributed by atoms with Gasteiger partial charge in [-0.2, -0.15) is 4.31 Å². The van der Waals surface area contributed by atoms with Crippen molar-refractivity contribution in [2.24, 2.45) is 10.9 Å². The summed E-state index contributed by atoms with van der Waals surface area (Å²) in [6, 6.07) is 0.0207. The smallest absolute Gasteiger partial charge is 0.254 e. The van der Waals surface area contributed by atoms with Crippen LogP contribution in [0, 0.1) is 26.7 Å². The Hall–Kier alpha value is -2.12. The van der Waals surface area contributed by atoms with E-state index < -0.39 is 10.0 Å². The van der Waals surface area contributed by atoms with Gasteiger partial charge in [-0.15, -0.1) is 11.3 Å². The minimum Gasteiger partial charge on any atom is -0.346 e. The van der Waals surface area contributed by atoms with Crippen molar-refractivity contribution < 1.29 is 13.2 Å². The summed E-state index contributed by atoms with van der Waals surface area (Å²) < 4.78 is 28.6. The molecule has 1 fully saturated rings. The molecule has 0 saturated carbocycles. The molecule has 0 aliphatic carbocycles. The molecule has 1 atom stereocenters. The maximum Gasteiger partial charge on any atom is 0.254 e. The highest BCUT2D eigenvalue weighted by atomic mass is 32.2. The van der Waals surface area contributed by atoms with Gasteiger partial charge in [0.15, 0.2) is 9.34 Å². The van der Waals surface area contributed by atoms with Crippen LogP contribution in [0.2, 0.25) is 0 Å². The largest absolute Gasteiger partial charge is 0.346 e. The third-order valence-corrected chi connectivity index (χ3v) is 11.6. The second-order valence-corrected chi connectivity index (χ2v) is 13.7. The summed E-state index contributed by atoms with van der Waals surface area (Å²) in [6.45, 7) is 18.4. The average Bonchev–Trinajstić information content (AvgIpc) is 3.41. The number of carbonyl (C=O) groups excluding carboxylic acids is 1. The van der Waals surface area contributed by atoms with Crippen LogP contribution in [0.25, 0.3) is 0 Å². The lowest BCUT2D eigenvalue weighted by Gasteiger charge is -2.34. The number of aryl methyl sites for hydroxylation is 2. The fraction of sp³-hybridized carbons (Fsp3) is 0.577. The SMILES string of the molecule is C=CNC(=N[C@@H](C)CN1CCN(S(=O)(=O)c2sc(NC(=O)C(CC)CC)nc2C)CC1)c1scc(C)c1C. The summed E-state index contributed by atoms with van der Waals surface area (Å²) in [5, 5.41) is 8.45. The normalized spacial score (nSPS) is 16.6. The molecule has 1 aliphatic heterocycles. The summed E-state index contributed by atoms with van der Waals surface area (Å²) in [5.74, 6) is 0.590. The molecule has 3 rings (SSSR count). The van der Waals surface area contributed by atoms with Crippen LogP contribution in [0.4, 0.5) is 5.13 Å². The lowest BCUT2D eigenvalue weighted by molar-refractivity contribution is -0.120. The van der Waals surface area contributed by atoms with Crippen LogP contribution >= 0.6 is 22.7 Å². The van der Waals surface area contributed by atoms with Gasteiger partial charge in [-0.1, -0.05) is 31.8 Å². The second kappa shape index (κ2) is 13.3. The van der Waals surface area contributed by atoms with E-state index in [1.807, 2.05) is 13.8 Å². The Morgan fingerprint density at radius 3 is 2.42 bits per heavy atom. The number of carbonyl (C=O) groups is 1. The highest BCUT2D eigenvalue weighted by molar-refractivity contribution is 7.91. The Morgan fingerprint density at radius 1 is 1.21 bits per heavy atom. The van der Waals surface area contributed by atoms with Crippen molar-refractivity contribution in [2.75, 3.05) is 38.0 Å². The van der Waals surface area contributed by atoms with Gasteiger partial charge in [0.05, 0.1) is 16.6 Å². The molecule has 2 N–H and O–H groups in total. The standard InChI is InChI=1S/C26H40N6O3S3/c1-8-21(9-2)24(33)30-26-29-20(7)25(37-26)38(34,35)32-13-11-31(12-14-32)15-18(5)28-23(27-10-3)22-19(6)17(4)16-36-22/h10,16,18,21H,3,8-9,11-15H2,1-2,4-7H3,(H,27,28)(H,29,30,33)/t18-/m0/s1. The summed E-state index contributed by atoms with van der Waals surface area (Å²) in [4.78, 5) is 25.1. The van der Waals surface area contributed by atoms with E-state index in [4.69, 9.17) is 4.99 Å². The maximum atomic E-state index is 13.4. The van der Waals surface area contributed by atoms with Crippen molar-refractivity contribution in [2.45, 2.75) is 64.6 Å². The molecule has 0 bridgehead atoms. The molecule has 9 nitrogen and oxygen atoms in total. The topological polar surface area (TPSA) is 107 Å². The minimum atomic E-state index is -3.69. The van der Waals surface area contributed by atoms with Crippen molar-refractivity contribution in [3.63, 3.8) is 0 Å². The molecule has 210 valence electrons. The lowest BCUT2D eigenvalue weighted by atomic mass is 10.0. The van der Waals surface area contributed by atoms with Crippen molar-refractivity contribution in [1.29, 1.82) is 0 Å². The number of rotatable bonds is 11. The molecule has 12 heteroatoms. The van der Waals surface area contributed by atoms with Crippen molar-refractivity contribution >= 4 is 49.6 Å². The van der Waals surface area contributed by atoms with Gasteiger partial charge in [-0.25, -0.2) is 13.4 Å². The summed E-state index contributed by atoms with van der Waals surface area (Å²) in [6.07, 6.45) is 3.10. The summed E-state index contributed by atoms with van der Waals surface area (Å²) >= 11 is 2.70. The number of piperazine rings is 1. The van der Waals surface area contributed by atoms with Gasteiger partial charge in [-0.3, -0.25) is 14.7 Å². The first kappa shape index (κ1) is 30.4. The van der Waals surface area contributed by atoms with E-state index in [0.717, 1.165) is 41.4 Å². The highest BCUT2D eigenvalue weighted by Gasteiger charge is 2.32. The quantitative estimate of drug-likeness (QED) is 0.302. The highest BCUT2D eigenvalue weighted by Crippen LogP contribution is 2.31. The lowest BCUT2D eigenvalue weighted by Crippen LogP contribution is -2.50. The van der Waals surface area contributed by atoms with Gasteiger partial charge in [0.2, 0.25) is 5.91 Å². The minimum absolute atomic E-state index is 0.0207. The molecular weight excluding hydrogens is 541 g/mol. The first-order valence-electron chi connectivity index (χ1n) is 13.0. The van der Waals surface area contributed by atoms with Crippen molar-refractivity contribution in [1.82, 2.24) is 19.5 Å².